The number of aryl methyl sites for hydroxylation is 1. The molecule has 1 saturated carbocycles. The van der Waals surface area contributed by atoms with Crippen LogP contribution < -0.4 is 10.6 Å². The number of nitrogens with one attached hydrogen (secondary N) is 2. The van der Waals surface area contributed by atoms with E-state index in [9.17, 15) is 9.59 Å². The zero-order valence-corrected chi connectivity index (χ0v) is 15.8. The van der Waals surface area contributed by atoms with E-state index in [-0.39, 0.29) is 17.7 Å². The van der Waals surface area contributed by atoms with E-state index in [0.29, 0.717) is 17.2 Å². The van der Waals surface area contributed by atoms with Gasteiger partial charge in [-0.25, -0.2) is 0 Å². The van der Waals surface area contributed by atoms with E-state index in [1.165, 1.54) is 5.56 Å². The van der Waals surface area contributed by atoms with Gasteiger partial charge in [0, 0.05) is 26.4 Å². The van der Waals surface area contributed by atoms with Gasteiger partial charge in [-0.2, -0.15) is 0 Å². The number of halogens is 1. The van der Waals surface area contributed by atoms with E-state index in [0.717, 1.165) is 15.7 Å². The number of rotatable bonds is 4. The maximum atomic E-state index is 12.4. The van der Waals surface area contributed by atoms with Crippen molar-refractivity contribution in [3.63, 3.8) is 0 Å². The Morgan fingerprint density at radius 1 is 1.08 bits per heavy atom. The summed E-state index contributed by atoms with van der Waals surface area (Å²) in [6.07, 6.45) is 0.943. The standard InChI is InChI=1S/C19H19IN2O2/c1-11-6-7-15(10-17(11)20)21-18(23)13-4-3-5-14(9-13)22-19(24)16-8-12(16)2/h3-7,9-10,12,16H,8H2,1-2H3,(H,21,23)(H,22,24). The van der Waals surface area contributed by atoms with Gasteiger partial charge in [0.1, 0.15) is 0 Å². The summed E-state index contributed by atoms with van der Waals surface area (Å²) in [6.45, 7) is 4.09. The van der Waals surface area contributed by atoms with E-state index in [2.05, 4.69) is 40.1 Å². The van der Waals surface area contributed by atoms with Crippen LogP contribution in [0.15, 0.2) is 42.5 Å². The Balaban J connectivity index is 1.69. The van der Waals surface area contributed by atoms with Gasteiger partial charge in [-0.15, -0.1) is 0 Å². The molecule has 3 rings (SSSR count). The third-order valence-corrected chi connectivity index (χ3v) is 5.43. The minimum Gasteiger partial charge on any atom is -0.326 e. The van der Waals surface area contributed by atoms with Crippen LogP contribution in [0.5, 0.6) is 0 Å². The first-order valence-corrected chi connectivity index (χ1v) is 9.00. The van der Waals surface area contributed by atoms with Gasteiger partial charge in [0.2, 0.25) is 5.91 Å². The summed E-state index contributed by atoms with van der Waals surface area (Å²) in [5, 5.41) is 5.78. The normalized spacial score (nSPS) is 18.8. The van der Waals surface area contributed by atoms with E-state index in [1.54, 1.807) is 24.3 Å². The first-order valence-electron chi connectivity index (χ1n) is 7.92. The van der Waals surface area contributed by atoms with E-state index in [1.807, 2.05) is 25.1 Å². The zero-order chi connectivity index (χ0) is 17.3. The van der Waals surface area contributed by atoms with Gasteiger partial charge in [-0.1, -0.05) is 19.1 Å². The van der Waals surface area contributed by atoms with Crippen LogP contribution >= 0.6 is 22.6 Å². The number of hydrogen-bond donors (Lipinski definition) is 2. The van der Waals surface area contributed by atoms with Crippen molar-refractivity contribution in [2.24, 2.45) is 11.8 Å². The Morgan fingerprint density at radius 3 is 2.46 bits per heavy atom. The van der Waals surface area contributed by atoms with Crippen LogP contribution in [0.1, 0.15) is 29.3 Å². The minimum atomic E-state index is -0.189. The van der Waals surface area contributed by atoms with Crippen molar-refractivity contribution in [3.05, 3.63) is 57.2 Å². The highest BCUT2D eigenvalue weighted by Gasteiger charge is 2.39. The fourth-order valence-corrected chi connectivity index (χ4v) is 3.05. The Labute approximate surface area is 155 Å². The molecule has 0 heterocycles. The van der Waals surface area contributed by atoms with Crippen molar-refractivity contribution in [2.45, 2.75) is 20.3 Å². The number of carbonyl (C=O) groups is 2. The Bertz CT molecular complexity index is 804. The van der Waals surface area contributed by atoms with Gasteiger partial charge in [0.15, 0.2) is 0 Å². The number of hydrogen-bond acceptors (Lipinski definition) is 2. The first-order chi connectivity index (χ1) is 11.4. The van der Waals surface area contributed by atoms with Crippen molar-refractivity contribution in [3.8, 4) is 0 Å². The second-order valence-corrected chi connectivity index (χ2v) is 7.47. The van der Waals surface area contributed by atoms with Crippen molar-refractivity contribution < 1.29 is 9.59 Å². The van der Waals surface area contributed by atoms with Gasteiger partial charge >= 0.3 is 0 Å². The van der Waals surface area contributed by atoms with Crippen LogP contribution in [-0.4, -0.2) is 11.8 Å². The number of carbonyl (C=O) groups excluding carboxylic acids is 2. The quantitative estimate of drug-likeness (QED) is 0.699. The average molecular weight is 434 g/mol. The summed E-state index contributed by atoms with van der Waals surface area (Å²) in [5.74, 6) is 0.413. The molecule has 2 unspecified atom stereocenters. The van der Waals surface area contributed by atoms with Gasteiger partial charge in [0.25, 0.3) is 5.91 Å². The molecule has 2 atom stereocenters. The van der Waals surface area contributed by atoms with Gasteiger partial charge in [0.05, 0.1) is 0 Å². The first kappa shape index (κ1) is 17.0. The van der Waals surface area contributed by atoms with Crippen LogP contribution in [0.2, 0.25) is 0 Å². The highest BCUT2D eigenvalue weighted by molar-refractivity contribution is 14.1. The van der Waals surface area contributed by atoms with E-state index >= 15 is 0 Å². The maximum absolute atomic E-state index is 12.4. The van der Waals surface area contributed by atoms with Crippen LogP contribution in [0, 0.1) is 22.3 Å². The predicted molar refractivity (Wildman–Crippen MR) is 104 cm³/mol. The Kier molecular flexibility index (Phi) is 4.89. The molecule has 0 aliphatic heterocycles. The second-order valence-electron chi connectivity index (χ2n) is 6.31. The van der Waals surface area contributed by atoms with Gasteiger partial charge in [-0.3, -0.25) is 9.59 Å². The molecule has 0 radical (unpaired) electrons. The smallest absolute Gasteiger partial charge is 0.255 e. The van der Waals surface area contributed by atoms with Gasteiger partial charge in [-0.05, 0) is 77.7 Å². The molecule has 24 heavy (non-hydrogen) atoms. The highest BCUT2D eigenvalue weighted by Crippen LogP contribution is 2.38. The Hall–Kier alpha value is -1.89. The molecule has 0 aromatic heterocycles. The Morgan fingerprint density at radius 2 is 1.79 bits per heavy atom. The second kappa shape index (κ2) is 6.93. The molecule has 2 aromatic carbocycles. The summed E-state index contributed by atoms with van der Waals surface area (Å²) in [4.78, 5) is 24.4. The molecule has 1 aliphatic rings. The lowest BCUT2D eigenvalue weighted by atomic mass is 10.1. The molecule has 2 aromatic rings. The molecule has 0 bridgehead atoms. The van der Waals surface area contributed by atoms with Crippen LogP contribution in [-0.2, 0) is 4.79 Å². The SMILES string of the molecule is Cc1ccc(NC(=O)c2cccc(NC(=O)C3CC3C)c2)cc1I. The number of benzene rings is 2. The topological polar surface area (TPSA) is 58.2 Å². The third kappa shape index (κ3) is 3.95. The van der Waals surface area contributed by atoms with E-state index < -0.39 is 0 Å². The van der Waals surface area contributed by atoms with E-state index in [4.69, 9.17) is 0 Å². The third-order valence-electron chi connectivity index (χ3n) is 4.27. The molecule has 0 saturated heterocycles. The molecule has 0 spiro atoms. The van der Waals surface area contributed by atoms with Crippen molar-refractivity contribution in [1.29, 1.82) is 0 Å². The maximum Gasteiger partial charge on any atom is 0.255 e. The monoisotopic (exact) mass is 434 g/mol. The van der Waals surface area contributed by atoms with Crippen molar-refractivity contribution in [2.75, 3.05) is 10.6 Å². The lowest BCUT2D eigenvalue weighted by Gasteiger charge is -2.09. The largest absolute Gasteiger partial charge is 0.326 e. The van der Waals surface area contributed by atoms with Crippen molar-refractivity contribution in [1.82, 2.24) is 0 Å². The molecule has 1 aliphatic carbocycles. The lowest BCUT2D eigenvalue weighted by molar-refractivity contribution is -0.117. The van der Waals surface area contributed by atoms with Gasteiger partial charge < -0.3 is 10.6 Å². The fourth-order valence-electron chi connectivity index (χ4n) is 2.53. The summed E-state index contributed by atoms with van der Waals surface area (Å²) in [7, 11) is 0. The molecule has 1 fully saturated rings. The summed E-state index contributed by atoms with van der Waals surface area (Å²) in [5.41, 5.74) is 3.11. The van der Waals surface area contributed by atoms with Crippen LogP contribution in [0.3, 0.4) is 0 Å². The molecule has 5 heteroatoms. The summed E-state index contributed by atoms with van der Waals surface area (Å²) >= 11 is 2.24. The molecule has 124 valence electrons. The number of anilines is 2. The number of amides is 2. The minimum absolute atomic E-state index is 0.0353. The lowest BCUT2D eigenvalue weighted by Crippen LogP contribution is -2.16. The fraction of sp³-hybridized carbons (Fsp3) is 0.263. The molecule has 2 amide bonds. The van der Waals surface area contributed by atoms with Crippen LogP contribution in [0.25, 0.3) is 0 Å². The summed E-state index contributed by atoms with van der Waals surface area (Å²) in [6, 6.07) is 12.8. The molecule has 2 N–H and O–H groups in total. The average Bonchev–Trinajstić information content (AvgIpc) is 3.28. The molecular formula is C19H19IN2O2. The van der Waals surface area contributed by atoms with Crippen molar-refractivity contribution >= 4 is 45.8 Å². The molecular weight excluding hydrogens is 415 g/mol. The predicted octanol–water partition coefficient (Wildman–Crippen LogP) is 4.45. The molecule has 4 nitrogen and oxygen atoms in total. The highest BCUT2D eigenvalue weighted by atomic mass is 127. The summed E-state index contributed by atoms with van der Waals surface area (Å²) < 4.78 is 1.10. The zero-order valence-electron chi connectivity index (χ0n) is 13.6. The van der Waals surface area contributed by atoms with Crippen LogP contribution in [0.4, 0.5) is 11.4 Å².